The molecule has 1 rings (SSSR count). The Kier molecular flexibility index (Phi) is 1.88. The van der Waals surface area contributed by atoms with Gasteiger partial charge in [-0.1, -0.05) is 22.6 Å². The third kappa shape index (κ3) is 1.27. The zero-order valence-corrected chi connectivity index (χ0v) is 6.09. The molecule has 2 atom stereocenters. The molecule has 1 aliphatic heterocycles. The quantitative estimate of drug-likeness (QED) is 0.459. The Morgan fingerprint density at radius 1 is 1.57 bits per heavy atom. The van der Waals surface area contributed by atoms with Crippen LogP contribution in [0.4, 0.5) is 0 Å². The maximum absolute atomic E-state index is 5.55. The average Bonchev–Trinajstić information content (AvgIpc) is 1.91. The normalized spacial score (nSPS) is 42.0. The summed E-state index contributed by atoms with van der Waals surface area (Å²) >= 11 is 2.31. The Morgan fingerprint density at radius 3 is 2.43 bits per heavy atom. The van der Waals surface area contributed by atoms with E-state index in [2.05, 4.69) is 22.6 Å². The van der Waals surface area contributed by atoms with Crippen molar-refractivity contribution >= 4 is 22.6 Å². The fourth-order valence-electron chi connectivity index (χ4n) is 0.545. The predicted octanol–water partition coefficient (Wildman–Crippen LogP) is 0.147. The molecule has 2 N–H and O–H groups in total. The third-order valence-corrected chi connectivity index (χ3v) is 2.34. The summed E-state index contributed by atoms with van der Waals surface area (Å²) in [5.41, 5.74) is 5.55. The molecule has 1 aliphatic rings. The van der Waals surface area contributed by atoms with Crippen molar-refractivity contribution < 1.29 is 4.74 Å². The molecule has 1 heterocycles. The highest BCUT2D eigenvalue weighted by Crippen LogP contribution is 2.11. The number of nitrogens with two attached hydrogens (primary N) is 1. The van der Waals surface area contributed by atoms with E-state index in [1.54, 1.807) is 0 Å². The first-order valence-corrected chi connectivity index (χ1v) is 3.52. The highest BCUT2D eigenvalue weighted by molar-refractivity contribution is 14.1. The molecule has 1 fully saturated rings. The first-order chi connectivity index (χ1) is 3.30. The minimum atomic E-state index is 0.278. The number of ether oxygens (including phenoxy) is 1. The van der Waals surface area contributed by atoms with Crippen LogP contribution in [0.1, 0.15) is 0 Å². The van der Waals surface area contributed by atoms with Gasteiger partial charge < -0.3 is 10.5 Å². The lowest BCUT2D eigenvalue weighted by atomic mass is 10.3. The molecule has 1 saturated heterocycles. The van der Waals surface area contributed by atoms with E-state index in [4.69, 9.17) is 10.5 Å². The molecule has 0 unspecified atom stereocenters. The first-order valence-electron chi connectivity index (χ1n) is 2.28. The maximum Gasteiger partial charge on any atom is 0.0629 e. The van der Waals surface area contributed by atoms with Crippen molar-refractivity contribution in [2.75, 3.05) is 13.2 Å². The van der Waals surface area contributed by atoms with Crippen LogP contribution in [0.25, 0.3) is 0 Å². The van der Waals surface area contributed by atoms with Gasteiger partial charge in [-0.25, -0.2) is 0 Å². The van der Waals surface area contributed by atoms with Crippen LogP contribution in [0.2, 0.25) is 0 Å². The smallest absolute Gasteiger partial charge is 0.0629 e. The van der Waals surface area contributed by atoms with Crippen LogP contribution in [0, 0.1) is 0 Å². The molecule has 0 bridgehead atoms. The summed E-state index contributed by atoms with van der Waals surface area (Å²) in [7, 11) is 0. The van der Waals surface area contributed by atoms with Crippen LogP contribution < -0.4 is 5.73 Å². The van der Waals surface area contributed by atoms with Crippen molar-refractivity contribution in [3.8, 4) is 0 Å². The second-order valence-electron chi connectivity index (χ2n) is 1.72. The van der Waals surface area contributed by atoms with Crippen LogP contribution in [0.15, 0.2) is 0 Å². The SMILES string of the molecule is N[C@@H]1COC[C@H]1I. The Hall–Kier alpha value is 0.650. The summed E-state index contributed by atoms with van der Waals surface area (Å²) in [4.78, 5) is 0. The molecular formula is C4H8INO. The number of halogens is 1. The lowest BCUT2D eigenvalue weighted by Gasteiger charge is -2.00. The van der Waals surface area contributed by atoms with Crippen LogP contribution in [-0.4, -0.2) is 23.2 Å². The summed E-state index contributed by atoms with van der Waals surface area (Å²) in [5, 5.41) is 0. The van der Waals surface area contributed by atoms with Crippen molar-refractivity contribution in [2.24, 2.45) is 5.73 Å². The van der Waals surface area contributed by atoms with Gasteiger partial charge >= 0.3 is 0 Å². The van der Waals surface area contributed by atoms with Crippen LogP contribution in [0.5, 0.6) is 0 Å². The van der Waals surface area contributed by atoms with Crippen LogP contribution in [-0.2, 0) is 4.74 Å². The van der Waals surface area contributed by atoms with Crippen molar-refractivity contribution in [3.05, 3.63) is 0 Å². The molecular weight excluding hydrogens is 205 g/mol. The molecule has 0 aromatic rings. The molecule has 0 radical (unpaired) electrons. The highest BCUT2D eigenvalue weighted by Gasteiger charge is 2.20. The van der Waals surface area contributed by atoms with E-state index in [-0.39, 0.29) is 6.04 Å². The van der Waals surface area contributed by atoms with E-state index in [0.717, 1.165) is 13.2 Å². The van der Waals surface area contributed by atoms with Gasteiger partial charge in [-0.15, -0.1) is 0 Å². The van der Waals surface area contributed by atoms with E-state index in [1.807, 2.05) is 0 Å². The fraction of sp³-hybridized carbons (Fsp3) is 1.00. The number of rotatable bonds is 0. The second-order valence-corrected chi connectivity index (χ2v) is 3.32. The molecule has 7 heavy (non-hydrogen) atoms. The molecule has 2 nitrogen and oxygen atoms in total. The molecule has 0 saturated carbocycles. The standard InChI is InChI=1S/C4H8INO/c5-3-1-7-2-4(3)6/h3-4H,1-2,6H2/t3-,4-/m1/s1. The minimum Gasteiger partial charge on any atom is -0.379 e. The molecule has 42 valence electrons. The highest BCUT2D eigenvalue weighted by atomic mass is 127. The van der Waals surface area contributed by atoms with E-state index >= 15 is 0 Å². The number of hydrogen-bond donors (Lipinski definition) is 1. The Labute approximate surface area is 56.5 Å². The Morgan fingerprint density at radius 2 is 2.29 bits per heavy atom. The van der Waals surface area contributed by atoms with Gasteiger partial charge in [0.25, 0.3) is 0 Å². The zero-order valence-electron chi connectivity index (χ0n) is 3.93. The van der Waals surface area contributed by atoms with Crippen molar-refractivity contribution in [1.82, 2.24) is 0 Å². The summed E-state index contributed by atoms with van der Waals surface area (Å²) in [5.74, 6) is 0. The molecule has 3 heteroatoms. The predicted molar refractivity (Wildman–Crippen MR) is 36.6 cm³/mol. The summed E-state index contributed by atoms with van der Waals surface area (Å²) in [6.45, 7) is 1.58. The molecule has 0 spiro atoms. The van der Waals surface area contributed by atoms with Gasteiger partial charge in [-0.3, -0.25) is 0 Å². The average molecular weight is 213 g/mol. The zero-order chi connectivity index (χ0) is 5.28. The maximum atomic E-state index is 5.55. The molecule has 0 aromatic carbocycles. The third-order valence-electron chi connectivity index (χ3n) is 1.05. The van der Waals surface area contributed by atoms with E-state index in [1.165, 1.54) is 0 Å². The fourth-order valence-corrected chi connectivity index (χ4v) is 1.01. The topological polar surface area (TPSA) is 35.2 Å². The Balaban J connectivity index is 2.33. The van der Waals surface area contributed by atoms with E-state index in [0.29, 0.717) is 3.92 Å². The van der Waals surface area contributed by atoms with Crippen molar-refractivity contribution in [2.45, 2.75) is 9.97 Å². The molecule has 0 aromatic heterocycles. The number of alkyl halides is 1. The van der Waals surface area contributed by atoms with Crippen LogP contribution >= 0.6 is 22.6 Å². The monoisotopic (exact) mass is 213 g/mol. The van der Waals surface area contributed by atoms with Gasteiger partial charge in [0.15, 0.2) is 0 Å². The first kappa shape index (κ1) is 5.78. The van der Waals surface area contributed by atoms with E-state index < -0.39 is 0 Å². The van der Waals surface area contributed by atoms with Crippen LogP contribution in [0.3, 0.4) is 0 Å². The van der Waals surface area contributed by atoms with Gasteiger partial charge in [0.2, 0.25) is 0 Å². The minimum absolute atomic E-state index is 0.278. The second kappa shape index (κ2) is 2.28. The van der Waals surface area contributed by atoms with Gasteiger partial charge in [0, 0.05) is 6.04 Å². The summed E-state index contributed by atoms with van der Waals surface area (Å²) in [6, 6.07) is 0.278. The molecule has 0 amide bonds. The summed E-state index contributed by atoms with van der Waals surface area (Å²) < 4.78 is 5.58. The Bertz CT molecular complexity index is 60.7. The lowest BCUT2D eigenvalue weighted by molar-refractivity contribution is 0.195. The number of hydrogen-bond acceptors (Lipinski definition) is 2. The molecule has 0 aliphatic carbocycles. The van der Waals surface area contributed by atoms with Gasteiger partial charge in [-0.05, 0) is 0 Å². The van der Waals surface area contributed by atoms with Crippen molar-refractivity contribution in [3.63, 3.8) is 0 Å². The van der Waals surface area contributed by atoms with Crippen molar-refractivity contribution in [1.29, 1.82) is 0 Å². The summed E-state index contributed by atoms with van der Waals surface area (Å²) in [6.07, 6.45) is 0. The van der Waals surface area contributed by atoms with Gasteiger partial charge in [-0.2, -0.15) is 0 Å². The van der Waals surface area contributed by atoms with Gasteiger partial charge in [0.05, 0.1) is 17.1 Å². The largest absolute Gasteiger partial charge is 0.379 e. The van der Waals surface area contributed by atoms with E-state index in [9.17, 15) is 0 Å². The lowest BCUT2D eigenvalue weighted by Crippen LogP contribution is -2.28. The van der Waals surface area contributed by atoms with Gasteiger partial charge in [0.1, 0.15) is 0 Å².